The van der Waals surface area contributed by atoms with Gasteiger partial charge in [-0.15, -0.1) is 0 Å². The Hall–Kier alpha value is -2.56. The Kier molecular flexibility index (Phi) is 7.16. The molecule has 0 amide bonds. The highest BCUT2D eigenvalue weighted by Gasteiger charge is 2.35. The lowest BCUT2D eigenvalue weighted by atomic mass is 9.95. The van der Waals surface area contributed by atoms with Crippen LogP contribution in [0.4, 0.5) is 19.0 Å². The van der Waals surface area contributed by atoms with Gasteiger partial charge in [-0.1, -0.05) is 32.5 Å². The van der Waals surface area contributed by atoms with Gasteiger partial charge >= 0.3 is 6.18 Å². The van der Waals surface area contributed by atoms with Gasteiger partial charge < -0.3 is 14.8 Å². The molecule has 0 radical (unpaired) electrons. The first-order chi connectivity index (χ1) is 14.9. The van der Waals surface area contributed by atoms with Crippen LogP contribution in [-0.4, -0.2) is 56.8 Å². The van der Waals surface area contributed by atoms with Crippen molar-refractivity contribution in [1.82, 2.24) is 24.8 Å². The number of hydrogen-bond acceptors (Lipinski definition) is 7. The molecule has 1 N–H and O–H groups in total. The molecule has 2 aromatic heterocycles. The third-order valence-electron chi connectivity index (χ3n) is 4.80. The van der Waals surface area contributed by atoms with Gasteiger partial charge in [-0.3, -0.25) is 4.79 Å². The Labute approximate surface area is 189 Å². The second-order valence-corrected chi connectivity index (χ2v) is 9.67. The van der Waals surface area contributed by atoms with E-state index in [2.05, 4.69) is 24.8 Å². The summed E-state index contributed by atoms with van der Waals surface area (Å²) in [6.45, 7) is 9.85. The van der Waals surface area contributed by atoms with Crippen molar-refractivity contribution in [2.75, 3.05) is 36.8 Å². The third kappa shape index (κ3) is 6.47. The molecule has 32 heavy (non-hydrogen) atoms. The number of piperazine rings is 1. The SMILES string of the molecule is C/C(=C\N1CCN(c2cc(C(F)(F)F)nc(C(C)(C)C)n2)CC1)CSc1nccc(=O)[nH]1. The zero-order valence-corrected chi connectivity index (χ0v) is 19.3. The quantitative estimate of drug-likeness (QED) is 0.530. The predicted octanol–water partition coefficient (Wildman–Crippen LogP) is 3.69. The number of halogens is 3. The van der Waals surface area contributed by atoms with Crippen molar-refractivity contribution < 1.29 is 13.2 Å². The topological polar surface area (TPSA) is 78.0 Å². The van der Waals surface area contributed by atoms with Crippen molar-refractivity contribution in [3.8, 4) is 0 Å². The van der Waals surface area contributed by atoms with Crippen molar-refractivity contribution in [3.05, 3.63) is 52.0 Å². The minimum atomic E-state index is -4.52. The third-order valence-corrected chi connectivity index (χ3v) is 5.88. The molecule has 1 aliphatic rings. The van der Waals surface area contributed by atoms with E-state index >= 15 is 0 Å². The fraction of sp³-hybridized carbons (Fsp3) is 0.524. The summed E-state index contributed by atoms with van der Waals surface area (Å²) in [6, 6.07) is 2.41. The molecule has 3 rings (SSSR count). The lowest BCUT2D eigenvalue weighted by Gasteiger charge is -2.35. The number of aromatic amines is 1. The molecule has 7 nitrogen and oxygen atoms in total. The minimum Gasteiger partial charge on any atom is -0.374 e. The van der Waals surface area contributed by atoms with E-state index in [-0.39, 0.29) is 11.4 Å². The Balaban J connectivity index is 1.65. The van der Waals surface area contributed by atoms with Gasteiger partial charge in [-0.2, -0.15) is 13.2 Å². The summed E-state index contributed by atoms with van der Waals surface area (Å²) in [5.74, 6) is 1.17. The number of hydrogen-bond donors (Lipinski definition) is 1. The van der Waals surface area contributed by atoms with E-state index in [1.165, 1.54) is 24.0 Å². The number of aromatic nitrogens is 4. The number of anilines is 1. The normalized spacial score (nSPS) is 15.9. The Morgan fingerprint density at radius 3 is 2.47 bits per heavy atom. The van der Waals surface area contributed by atoms with Crippen molar-refractivity contribution >= 4 is 17.6 Å². The monoisotopic (exact) mass is 468 g/mol. The van der Waals surface area contributed by atoms with Crippen LogP contribution in [0.15, 0.2) is 40.1 Å². The van der Waals surface area contributed by atoms with E-state index in [4.69, 9.17) is 0 Å². The number of rotatable bonds is 5. The molecule has 0 spiro atoms. The summed E-state index contributed by atoms with van der Waals surface area (Å²) in [4.78, 5) is 30.4. The highest BCUT2D eigenvalue weighted by atomic mass is 32.2. The molecule has 0 unspecified atom stereocenters. The van der Waals surface area contributed by atoms with Gasteiger partial charge in [0.15, 0.2) is 5.16 Å². The van der Waals surface area contributed by atoms with Gasteiger partial charge in [0.05, 0.1) is 0 Å². The fourth-order valence-electron chi connectivity index (χ4n) is 3.11. The van der Waals surface area contributed by atoms with Crippen molar-refractivity contribution in [1.29, 1.82) is 0 Å². The van der Waals surface area contributed by atoms with Gasteiger partial charge in [-0.05, 0) is 18.7 Å². The first kappa shape index (κ1) is 24.1. The molecule has 0 atom stereocenters. The largest absolute Gasteiger partial charge is 0.433 e. The van der Waals surface area contributed by atoms with Crippen LogP contribution >= 0.6 is 11.8 Å². The van der Waals surface area contributed by atoms with E-state index in [1.807, 2.05) is 18.0 Å². The lowest BCUT2D eigenvalue weighted by Crippen LogP contribution is -2.45. The second-order valence-electron chi connectivity index (χ2n) is 8.71. The highest BCUT2D eigenvalue weighted by molar-refractivity contribution is 7.99. The molecule has 174 valence electrons. The lowest BCUT2D eigenvalue weighted by molar-refractivity contribution is -0.141. The van der Waals surface area contributed by atoms with E-state index in [9.17, 15) is 18.0 Å². The van der Waals surface area contributed by atoms with Gasteiger partial charge in [0.2, 0.25) is 0 Å². The van der Waals surface area contributed by atoms with Gasteiger partial charge in [0, 0.05) is 55.7 Å². The molecule has 1 fully saturated rings. The van der Waals surface area contributed by atoms with Crippen molar-refractivity contribution in [2.24, 2.45) is 0 Å². The zero-order valence-electron chi connectivity index (χ0n) is 18.5. The average molecular weight is 469 g/mol. The summed E-state index contributed by atoms with van der Waals surface area (Å²) in [5, 5.41) is 0.564. The van der Waals surface area contributed by atoms with Crippen molar-refractivity contribution in [2.45, 2.75) is 44.4 Å². The van der Waals surface area contributed by atoms with Crippen LogP contribution in [0.25, 0.3) is 0 Å². The first-order valence-corrected chi connectivity index (χ1v) is 11.2. The van der Waals surface area contributed by atoms with Crippen LogP contribution in [0.2, 0.25) is 0 Å². The van der Waals surface area contributed by atoms with Crippen LogP contribution in [0.1, 0.15) is 39.2 Å². The molecule has 2 aromatic rings. The van der Waals surface area contributed by atoms with E-state index < -0.39 is 17.3 Å². The van der Waals surface area contributed by atoms with Crippen LogP contribution in [0.3, 0.4) is 0 Å². The maximum Gasteiger partial charge on any atom is 0.433 e. The number of H-pyrrole nitrogens is 1. The van der Waals surface area contributed by atoms with E-state index in [1.54, 1.807) is 20.8 Å². The van der Waals surface area contributed by atoms with Gasteiger partial charge in [0.1, 0.15) is 17.3 Å². The van der Waals surface area contributed by atoms with Crippen molar-refractivity contribution in [3.63, 3.8) is 0 Å². The molecule has 0 bridgehead atoms. The van der Waals surface area contributed by atoms with E-state index in [0.29, 0.717) is 42.9 Å². The minimum absolute atomic E-state index is 0.185. The smallest absolute Gasteiger partial charge is 0.374 e. The molecular weight excluding hydrogens is 441 g/mol. The molecule has 11 heteroatoms. The second kappa shape index (κ2) is 9.51. The summed E-state index contributed by atoms with van der Waals surface area (Å²) < 4.78 is 40.1. The molecular formula is C21H27F3N6OS. The summed E-state index contributed by atoms with van der Waals surface area (Å²) in [7, 11) is 0. The van der Waals surface area contributed by atoms with Gasteiger partial charge in [-0.25, -0.2) is 15.0 Å². The van der Waals surface area contributed by atoms with Crippen LogP contribution in [-0.2, 0) is 11.6 Å². The Bertz CT molecular complexity index is 991. The van der Waals surface area contributed by atoms with Crippen LogP contribution in [0.5, 0.6) is 0 Å². The number of nitrogens with one attached hydrogen (secondary N) is 1. The number of nitrogens with zero attached hydrogens (tertiary/aromatic N) is 5. The Morgan fingerprint density at radius 1 is 1.19 bits per heavy atom. The summed E-state index contributed by atoms with van der Waals surface area (Å²) in [6.07, 6.45) is -0.996. The molecule has 0 aliphatic carbocycles. The molecule has 1 saturated heterocycles. The number of thioether (sulfide) groups is 1. The Morgan fingerprint density at radius 2 is 1.88 bits per heavy atom. The molecule has 1 aliphatic heterocycles. The molecule has 0 saturated carbocycles. The first-order valence-electron chi connectivity index (χ1n) is 10.2. The number of alkyl halides is 3. The standard InChI is InChI=1S/C21H27F3N6OS/c1-14(13-32-19-25-6-5-17(31)28-19)12-29-7-9-30(10-8-29)16-11-15(21(22,23)24)26-18(27-16)20(2,3)4/h5-6,11-12H,7-10,13H2,1-4H3,(H,25,28,31)/b14-12+. The highest BCUT2D eigenvalue weighted by Crippen LogP contribution is 2.32. The predicted molar refractivity (Wildman–Crippen MR) is 119 cm³/mol. The fourth-order valence-corrected chi connectivity index (χ4v) is 3.86. The zero-order chi connectivity index (χ0) is 23.5. The maximum absolute atomic E-state index is 13.4. The van der Waals surface area contributed by atoms with Crippen LogP contribution in [0, 0.1) is 0 Å². The van der Waals surface area contributed by atoms with Gasteiger partial charge in [0.25, 0.3) is 5.56 Å². The summed E-state index contributed by atoms with van der Waals surface area (Å²) >= 11 is 1.44. The van der Waals surface area contributed by atoms with E-state index in [0.717, 1.165) is 11.6 Å². The van der Waals surface area contributed by atoms with Crippen LogP contribution < -0.4 is 10.5 Å². The molecule has 3 heterocycles. The average Bonchev–Trinajstić information content (AvgIpc) is 2.71. The maximum atomic E-state index is 13.4. The molecule has 0 aromatic carbocycles. The summed E-state index contributed by atoms with van der Waals surface area (Å²) in [5.41, 5.74) is -0.581.